The maximum Gasteiger partial charge on any atom is 0.407 e. The van der Waals surface area contributed by atoms with Gasteiger partial charge in [-0.25, -0.2) is 4.79 Å². The molecule has 0 radical (unpaired) electrons. The highest BCUT2D eigenvalue weighted by Crippen LogP contribution is 2.62. The number of hydrogen-bond donors (Lipinski definition) is 1. The average molecular weight is 370 g/mol. The molecule has 1 N–H and O–H groups in total. The molecule has 25 heavy (non-hydrogen) atoms. The largest absolute Gasteiger partial charge is 0.444 e. The molecule has 0 aromatic rings. The zero-order chi connectivity index (χ0) is 19.2. The Kier molecular flexibility index (Phi) is 8.59. The van der Waals surface area contributed by atoms with Gasteiger partial charge in [0.15, 0.2) is 0 Å². The summed E-state index contributed by atoms with van der Waals surface area (Å²) < 4.78 is 13.9. The molecule has 1 aliphatic rings. The third-order valence-corrected chi connectivity index (χ3v) is 6.24. The number of carbonyl (C=O) groups excluding carboxylic acids is 1. The van der Waals surface area contributed by atoms with Gasteiger partial charge in [-0.1, -0.05) is 11.6 Å². The van der Waals surface area contributed by atoms with Crippen molar-refractivity contribution in [3.63, 3.8) is 0 Å². The smallest absolute Gasteiger partial charge is 0.407 e. The average Bonchev–Trinajstić information content (AvgIpc) is 3.18. The van der Waals surface area contributed by atoms with Crippen molar-refractivity contribution in [1.29, 1.82) is 0 Å². The molecule has 0 fully saturated rings. The van der Waals surface area contributed by atoms with Crippen LogP contribution in [-0.4, -0.2) is 41.6 Å². The summed E-state index contributed by atoms with van der Waals surface area (Å²) in [6.45, 7) is 19.1. The van der Waals surface area contributed by atoms with Crippen molar-refractivity contribution in [3.8, 4) is 0 Å². The molecule has 5 nitrogen and oxygen atoms in total. The summed E-state index contributed by atoms with van der Waals surface area (Å²) >= 11 is 0. The highest BCUT2D eigenvalue weighted by Gasteiger charge is 2.36. The molecule has 0 aliphatic heterocycles. The Bertz CT molecular complexity index is 487. The minimum absolute atomic E-state index is 0.400. The number of nitrogens with one attached hydrogen (secondary N) is 1. The number of rotatable bonds is 10. The van der Waals surface area contributed by atoms with Crippen molar-refractivity contribution < 1.29 is 14.1 Å². The second kappa shape index (κ2) is 9.70. The highest BCUT2D eigenvalue weighted by atomic mass is 31.2. The quantitative estimate of drug-likeness (QED) is 0.326. The molecule has 0 saturated heterocycles. The van der Waals surface area contributed by atoms with Gasteiger partial charge in [-0.05, 0) is 66.6 Å². The van der Waals surface area contributed by atoms with Gasteiger partial charge in [0, 0.05) is 18.6 Å². The molecule has 6 heteroatoms. The van der Waals surface area contributed by atoms with Crippen LogP contribution in [0.2, 0.25) is 0 Å². The normalized spacial score (nSPS) is 15.8. The van der Waals surface area contributed by atoms with Crippen LogP contribution in [-0.2, 0) is 9.26 Å². The predicted octanol–water partition coefficient (Wildman–Crippen LogP) is 5.19. The van der Waals surface area contributed by atoms with E-state index in [2.05, 4.69) is 44.3 Å². The summed E-state index contributed by atoms with van der Waals surface area (Å²) in [5.41, 5.74) is 0.967. The van der Waals surface area contributed by atoms with Crippen LogP contribution >= 0.6 is 8.30 Å². The van der Waals surface area contributed by atoms with E-state index in [0.29, 0.717) is 25.2 Å². The monoisotopic (exact) mass is 370 g/mol. The van der Waals surface area contributed by atoms with Crippen molar-refractivity contribution in [2.24, 2.45) is 0 Å². The molecule has 1 rings (SSSR count). The van der Waals surface area contributed by atoms with E-state index in [4.69, 9.17) is 9.26 Å². The molecule has 0 saturated carbocycles. The first-order valence-corrected chi connectivity index (χ1v) is 10.3. The first-order chi connectivity index (χ1) is 11.6. The van der Waals surface area contributed by atoms with Crippen LogP contribution in [0.25, 0.3) is 0 Å². The van der Waals surface area contributed by atoms with Crippen LogP contribution in [0.15, 0.2) is 23.5 Å². The Hall–Kier alpha value is -0.900. The molecule has 1 atom stereocenters. The summed E-state index contributed by atoms with van der Waals surface area (Å²) in [5.74, 6) is 0. The van der Waals surface area contributed by atoms with Crippen LogP contribution in [0.1, 0.15) is 61.3 Å². The molecular formula is C19H35N2O3P. The second-order valence-electron chi connectivity index (χ2n) is 7.82. The van der Waals surface area contributed by atoms with Crippen LogP contribution in [0.5, 0.6) is 0 Å². The molecule has 0 bridgehead atoms. The zero-order valence-corrected chi connectivity index (χ0v) is 17.8. The van der Waals surface area contributed by atoms with Crippen LogP contribution < -0.4 is 5.32 Å². The second-order valence-corrected chi connectivity index (χ2v) is 9.63. The lowest BCUT2D eigenvalue weighted by atomic mass is 10.2. The summed E-state index contributed by atoms with van der Waals surface area (Å²) in [6.07, 6.45) is 3.54. The number of alkyl carbamates (subject to hydrolysis) is 1. The van der Waals surface area contributed by atoms with Gasteiger partial charge in [-0.15, -0.1) is 6.58 Å². The van der Waals surface area contributed by atoms with E-state index in [1.807, 2.05) is 26.8 Å². The number of hydrogen-bond acceptors (Lipinski definition) is 4. The Balaban J connectivity index is 2.61. The fraction of sp³-hybridized carbons (Fsp3) is 0.737. The Morgan fingerprint density at radius 1 is 1.32 bits per heavy atom. The maximum absolute atomic E-state index is 11.7. The van der Waals surface area contributed by atoms with Gasteiger partial charge in [0.05, 0.1) is 6.61 Å². The Morgan fingerprint density at radius 3 is 2.40 bits per heavy atom. The number of allylic oxidation sites excluding steroid dienone is 3. The molecule has 0 heterocycles. The summed E-state index contributed by atoms with van der Waals surface area (Å²) in [4.78, 5) is 11.7. The SMILES string of the molecule is C=CCC1=C(P(OCCNC(=O)OC(C)(C)C)N(C(C)C)C(C)C)C1. The number of amides is 1. The summed E-state index contributed by atoms with van der Waals surface area (Å²) in [5, 5.41) is 4.19. The predicted molar refractivity (Wildman–Crippen MR) is 106 cm³/mol. The van der Waals surface area contributed by atoms with Crippen molar-refractivity contribution in [3.05, 3.63) is 23.5 Å². The van der Waals surface area contributed by atoms with E-state index in [1.165, 1.54) is 10.9 Å². The minimum Gasteiger partial charge on any atom is -0.444 e. The molecule has 0 spiro atoms. The highest BCUT2D eigenvalue weighted by molar-refractivity contribution is 7.55. The summed E-state index contributed by atoms with van der Waals surface area (Å²) in [6, 6.07) is 0.811. The van der Waals surface area contributed by atoms with Gasteiger partial charge in [0.1, 0.15) is 13.9 Å². The van der Waals surface area contributed by atoms with Gasteiger partial charge in [0.2, 0.25) is 0 Å². The number of nitrogens with zero attached hydrogens (tertiary/aromatic N) is 1. The van der Waals surface area contributed by atoms with Crippen molar-refractivity contribution in [2.75, 3.05) is 13.2 Å². The molecule has 144 valence electrons. The molecule has 1 amide bonds. The first-order valence-electron chi connectivity index (χ1n) is 9.06. The zero-order valence-electron chi connectivity index (χ0n) is 16.9. The molecule has 1 aliphatic carbocycles. The lowest BCUT2D eigenvalue weighted by Crippen LogP contribution is -2.35. The van der Waals surface area contributed by atoms with Crippen molar-refractivity contribution >= 4 is 14.4 Å². The number of carbonyl (C=O) groups is 1. The standard InChI is InChI=1S/C19H35N2O3P/c1-9-10-16-13-17(16)25(21(14(2)3)15(4)5)23-12-11-20-18(22)24-19(6,7)8/h9,14-15H,1,10-13H2,2-8H3,(H,20,22). The van der Waals surface area contributed by atoms with Crippen LogP contribution in [0.3, 0.4) is 0 Å². The summed E-state index contributed by atoms with van der Waals surface area (Å²) in [7, 11) is -0.786. The van der Waals surface area contributed by atoms with Gasteiger partial charge < -0.3 is 14.6 Å². The van der Waals surface area contributed by atoms with E-state index < -0.39 is 20.0 Å². The molecular weight excluding hydrogens is 335 g/mol. The van der Waals surface area contributed by atoms with Crippen LogP contribution in [0, 0.1) is 0 Å². The first kappa shape index (κ1) is 22.1. The topological polar surface area (TPSA) is 50.8 Å². The van der Waals surface area contributed by atoms with E-state index in [9.17, 15) is 4.79 Å². The van der Waals surface area contributed by atoms with E-state index in [0.717, 1.165) is 12.8 Å². The lowest BCUT2D eigenvalue weighted by Gasteiger charge is -2.36. The van der Waals surface area contributed by atoms with E-state index in [-0.39, 0.29) is 0 Å². The molecule has 1 unspecified atom stereocenters. The van der Waals surface area contributed by atoms with Gasteiger partial charge in [-0.2, -0.15) is 0 Å². The van der Waals surface area contributed by atoms with Crippen molar-refractivity contribution in [1.82, 2.24) is 9.99 Å². The van der Waals surface area contributed by atoms with Crippen LogP contribution in [0.4, 0.5) is 4.79 Å². The third kappa shape index (κ3) is 7.89. The molecule has 0 aromatic heterocycles. The lowest BCUT2D eigenvalue weighted by molar-refractivity contribution is 0.0520. The fourth-order valence-corrected chi connectivity index (χ4v) is 4.98. The Labute approximate surface area is 154 Å². The van der Waals surface area contributed by atoms with E-state index in [1.54, 1.807) is 0 Å². The third-order valence-electron chi connectivity index (χ3n) is 3.54. The maximum atomic E-state index is 11.7. The molecule has 0 aromatic carbocycles. The number of ether oxygens (including phenoxy) is 1. The van der Waals surface area contributed by atoms with Gasteiger partial charge in [0.25, 0.3) is 0 Å². The van der Waals surface area contributed by atoms with Crippen molar-refractivity contribution in [2.45, 2.75) is 79.0 Å². The van der Waals surface area contributed by atoms with E-state index >= 15 is 0 Å². The fourth-order valence-electron chi connectivity index (χ4n) is 2.62. The van der Waals surface area contributed by atoms with Gasteiger partial charge >= 0.3 is 6.09 Å². The Morgan fingerprint density at radius 2 is 1.92 bits per heavy atom. The van der Waals surface area contributed by atoms with Gasteiger partial charge in [-0.3, -0.25) is 4.67 Å². The minimum atomic E-state index is -0.786.